The van der Waals surface area contributed by atoms with Crippen LogP contribution in [0.4, 0.5) is 0 Å². The zero-order chi connectivity index (χ0) is 20.6. The first-order chi connectivity index (χ1) is 13.7. The Bertz CT molecular complexity index is 669. The van der Waals surface area contributed by atoms with Gasteiger partial charge in [-0.3, -0.25) is 4.79 Å². The minimum absolute atomic E-state index is 0.0562. The molecule has 0 aromatic heterocycles. The van der Waals surface area contributed by atoms with Crippen molar-refractivity contribution in [1.82, 2.24) is 0 Å². The smallest absolute Gasteiger partial charge is 0.135 e. The Morgan fingerprint density at radius 3 is 2.59 bits per heavy atom. The molecule has 2 nitrogen and oxygen atoms in total. The van der Waals surface area contributed by atoms with Gasteiger partial charge in [0, 0.05) is 18.3 Å². The van der Waals surface area contributed by atoms with Crippen LogP contribution in [0, 0.1) is 46.3 Å². The first kappa shape index (κ1) is 20.5. The number of hydrogen-bond donors (Lipinski definition) is 0. The number of carbonyl (C=O) groups is 1. The van der Waals surface area contributed by atoms with E-state index < -0.39 is 0 Å². The first-order valence-corrected chi connectivity index (χ1v) is 12.9. The van der Waals surface area contributed by atoms with Crippen LogP contribution in [0.15, 0.2) is 0 Å². The highest BCUT2D eigenvalue weighted by Gasteiger charge is 2.76. The molecule has 5 fully saturated rings. The van der Waals surface area contributed by atoms with Crippen LogP contribution in [-0.2, 0) is 9.53 Å². The van der Waals surface area contributed by atoms with Gasteiger partial charge in [-0.2, -0.15) is 0 Å². The fourth-order valence-corrected chi connectivity index (χ4v) is 9.49. The maximum atomic E-state index is 12.3. The van der Waals surface area contributed by atoms with E-state index >= 15 is 0 Å². The van der Waals surface area contributed by atoms with Crippen molar-refractivity contribution < 1.29 is 9.53 Å². The largest absolute Gasteiger partial charge is 0.365 e. The van der Waals surface area contributed by atoms with Crippen molar-refractivity contribution in [3.8, 4) is 0 Å². The second kappa shape index (κ2) is 6.81. The van der Waals surface area contributed by atoms with Gasteiger partial charge in [-0.1, -0.05) is 53.9 Å². The second-order valence-electron chi connectivity index (χ2n) is 12.8. The summed E-state index contributed by atoms with van der Waals surface area (Å²) in [5.74, 6) is 5.64. The van der Waals surface area contributed by atoms with Crippen LogP contribution in [0.3, 0.4) is 0 Å². The summed E-state index contributed by atoms with van der Waals surface area (Å²) in [6.07, 6.45) is 14.2. The molecule has 0 N–H and O–H groups in total. The van der Waals surface area contributed by atoms with Crippen molar-refractivity contribution in [3.63, 3.8) is 0 Å². The maximum absolute atomic E-state index is 12.3. The Balaban J connectivity index is 1.33. The van der Waals surface area contributed by atoms with Crippen LogP contribution in [0.2, 0.25) is 0 Å². The van der Waals surface area contributed by atoms with Gasteiger partial charge in [0.25, 0.3) is 0 Å². The summed E-state index contributed by atoms with van der Waals surface area (Å²) >= 11 is 0. The minimum Gasteiger partial charge on any atom is -0.365 e. The summed E-state index contributed by atoms with van der Waals surface area (Å²) in [6.45, 7) is 12.5. The van der Waals surface area contributed by atoms with E-state index in [1.54, 1.807) is 0 Å². The van der Waals surface area contributed by atoms with Crippen LogP contribution >= 0.6 is 0 Å². The molecule has 1 spiro atoms. The average molecular weight is 401 g/mol. The molecule has 0 bridgehead atoms. The molecule has 0 aromatic carbocycles. The highest BCUT2D eigenvalue weighted by atomic mass is 16.6. The first-order valence-electron chi connectivity index (χ1n) is 12.9. The van der Waals surface area contributed by atoms with Crippen molar-refractivity contribution in [3.05, 3.63) is 0 Å². The summed E-state index contributed by atoms with van der Waals surface area (Å²) in [6, 6.07) is 0. The molecular weight excluding hydrogens is 356 g/mol. The third-order valence-electron chi connectivity index (χ3n) is 11.1. The summed E-state index contributed by atoms with van der Waals surface area (Å²) in [5.41, 5.74) is 0.754. The Labute approximate surface area is 178 Å². The molecule has 0 radical (unpaired) electrons. The van der Waals surface area contributed by atoms with E-state index in [9.17, 15) is 4.79 Å². The van der Waals surface area contributed by atoms with E-state index in [4.69, 9.17) is 4.74 Å². The predicted octanol–water partition coefficient (Wildman–Crippen LogP) is 6.81. The zero-order valence-corrected chi connectivity index (χ0v) is 19.6. The third kappa shape index (κ3) is 2.86. The number of carbonyl (C=O) groups excluding carboxylic acids is 1. The molecule has 2 heteroatoms. The summed E-state index contributed by atoms with van der Waals surface area (Å²) < 4.78 is 6.45. The quantitative estimate of drug-likeness (QED) is 0.474. The number of fused-ring (bicyclic) bond motifs is 4. The summed E-state index contributed by atoms with van der Waals surface area (Å²) in [4.78, 5) is 12.3. The van der Waals surface area contributed by atoms with E-state index in [0.717, 1.165) is 54.8 Å². The van der Waals surface area contributed by atoms with E-state index in [1.165, 1.54) is 51.4 Å². The Hall–Kier alpha value is -0.370. The molecule has 2 unspecified atom stereocenters. The monoisotopic (exact) mass is 400 g/mol. The second-order valence-corrected chi connectivity index (χ2v) is 12.8. The average Bonchev–Trinajstić information content (AvgIpc) is 3.22. The van der Waals surface area contributed by atoms with Gasteiger partial charge in [0.05, 0.1) is 6.10 Å². The van der Waals surface area contributed by atoms with Crippen molar-refractivity contribution in [2.75, 3.05) is 0 Å². The van der Waals surface area contributed by atoms with Crippen molar-refractivity contribution >= 4 is 5.78 Å². The molecule has 164 valence electrons. The number of hydrogen-bond acceptors (Lipinski definition) is 2. The number of epoxide rings is 1. The number of rotatable bonds is 5. The highest BCUT2D eigenvalue weighted by Crippen LogP contribution is 2.74. The lowest BCUT2D eigenvalue weighted by atomic mass is 9.44. The Kier molecular flexibility index (Phi) is 4.82. The highest BCUT2D eigenvalue weighted by molar-refractivity contribution is 5.81. The van der Waals surface area contributed by atoms with E-state index in [1.807, 2.05) is 0 Å². The molecule has 29 heavy (non-hydrogen) atoms. The summed E-state index contributed by atoms with van der Waals surface area (Å²) in [7, 11) is 0. The molecule has 1 saturated heterocycles. The Morgan fingerprint density at radius 1 is 1.03 bits per heavy atom. The summed E-state index contributed by atoms with van der Waals surface area (Å²) in [5, 5.41) is 0. The molecule has 5 aliphatic rings. The predicted molar refractivity (Wildman–Crippen MR) is 118 cm³/mol. The van der Waals surface area contributed by atoms with E-state index in [0.29, 0.717) is 17.3 Å². The number of ether oxygens (including phenoxy) is 1. The van der Waals surface area contributed by atoms with Crippen molar-refractivity contribution in [2.24, 2.45) is 46.3 Å². The van der Waals surface area contributed by atoms with Gasteiger partial charge in [-0.25, -0.2) is 0 Å². The normalized spacial score (nSPS) is 51.8. The van der Waals surface area contributed by atoms with Gasteiger partial charge in [-0.15, -0.1) is 0 Å². The minimum atomic E-state index is -0.0562. The SMILES string of the molecule is CC(C)CCC[C@@H](C)[C@H]1CC[C@H]2[C@@H]3CC4OC45CC(=O)CC[C@]5(C)[C@H]3CC[C@]12C. The fraction of sp³-hybridized carbons (Fsp3) is 0.963. The Morgan fingerprint density at radius 2 is 1.83 bits per heavy atom. The van der Waals surface area contributed by atoms with E-state index in [-0.39, 0.29) is 11.0 Å². The molecular formula is C27H44O2. The zero-order valence-electron chi connectivity index (χ0n) is 19.6. The molecule has 9 atom stereocenters. The van der Waals surface area contributed by atoms with Crippen LogP contribution < -0.4 is 0 Å². The van der Waals surface area contributed by atoms with Crippen molar-refractivity contribution in [1.29, 1.82) is 0 Å². The third-order valence-corrected chi connectivity index (χ3v) is 11.1. The lowest BCUT2D eigenvalue weighted by Gasteiger charge is -2.59. The van der Waals surface area contributed by atoms with E-state index in [2.05, 4.69) is 34.6 Å². The molecule has 1 heterocycles. The lowest BCUT2D eigenvalue weighted by molar-refractivity contribution is -0.136. The lowest BCUT2D eigenvalue weighted by Crippen LogP contribution is -2.58. The van der Waals surface area contributed by atoms with Gasteiger partial charge in [-0.05, 0) is 79.4 Å². The molecule has 1 aliphatic heterocycles. The standard InChI is InChI=1S/C27H44O2/c1-17(2)7-6-8-18(3)21-9-10-22-20-15-24-27(29-24)16-19(28)11-14-26(27,5)23(20)12-13-25(21,22)4/h17-18,20-24H,6-16H2,1-5H3/t18-,20+,21-,22+,23+,24?,25-,26-,27?/m1/s1. The van der Waals surface area contributed by atoms with Gasteiger partial charge in [0.1, 0.15) is 11.4 Å². The van der Waals surface area contributed by atoms with Crippen molar-refractivity contribution in [2.45, 2.75) is 117 Å². The molecule has 5 rings (SSSR count). The topological polar surface area (TPSA) is 29.6 Å². The van der Waals surface area contributed by atoms with Crippen LogP contribution in [0.5, 0.6) is 0 Å². The van der Waals surface area contributed by atoms with Gasteiger partial charge in [0.2, 0.25) is 0 Å². The van der Waals surface area contributed by atoms with Gasteiger partial charge in [0.15, 0.2) is 0 Å². The molecule has 0 amide bonds. The number of Topliss-reactive ketones (excluding diaryl/α,β-unsaturated/α-hetero) is 1. The molecule has 0 aromatic rings. The van der Waals surface area contributed by atoms with Gasteiger partial charge >= 0.3 is 0 Å². The van der Waals surface area contributed by atoms with Crippen LogP contribution in [-0.4, -0.2) is 17.5 Å². The molecule has 4 saturated carbocycles. The van der Waals surface area contributed by atoms with Gasteiger partial charge < -0.3 is 4.74 Å². The fourth-order valence-electron chi connectivity index (χ4n) is 9.49. The number of ketones is 1. The van der Waals surface area contributed by atoms with Crippen LogP contribution in [0.1, 0.15) is 105 Å². The molecule has 4 aliphatic carbocycles. The maximum Gasteiger partial charge on any atom is 0.135 e. The van der Waals surface area contributed by atoms with Crippen LogP contribution in [0.25, 0.3) is 0 Å².